The van der Waals surface area contributed by atoms with Crippen molar-refractivity contribution in [3.63, 3.8) is 0 Å². The van der Waals surface area contributed by atoms with Gasteiger partial charge < -0.3 is 5.32 Å². The zero-order valence-corrected chi connectivity index (χ0v) is 9.26. The second-order valence-corrected chi connectivity index (χ2v) is 4.70. The number of hydrogen-bond acceptors (Lipinski definition) is 2. The average molecular weight is 194 g/mol. The van der Waals surface area contributed by atoms with Crippen molar-refractivity contribution in [3.05, 3.63) is 11.6 Å². The fourth-order valence-corrected chi connectivity index (χ4v) is 2.52. The average Bonchev–Trinajstić information content (AvgIpc) is 2.67. The van der Waals surface area contributed by atoms with Gasteiger partial charge in [-0.25, -0.2) is 0 Å². The maximum atomic E-state index is 3.57. The molecule has 2 heterocycles. The van der Waals surface area contributed by atoms with Crippen LogP contribution in [0.15, 0.2) is 11.6 Å². The maximum Gasteiger partial charge on any atom is 0.0190 e. The van der Waals surface area contributed by atoms with Gasteiger partial charge in [-0.15, -0.1) is 0 Å². The van der Waals surface area contributed by atoms with Crippen molar-refractivity contribution in [2.24, 2.45) is 0 Å². The summed E-state index contributed by atoms with van der Waals surface area (Å²) in [4.78, 5) is 2.59. The zero-order valence-electron chi connectivity index (χ0n) is 9.26. The number of nitrogens with zero attached hydrogens (tertiary/aromatic N) is 1. The molecule has 1 atom stereocenters. The standard InChI is InChI=1S/C12H22N2/c1-11-4-3-8-14(10-11)9-6-12-5-2-7-13-12/h4,12-13H,2-3,5-10H2,1H3. The van der Waals surface area contributed by atoms with Crippen LogP contribution in [0.4, 0.5) is 0 Å². The molecule has 2 aliphatic rings. The Balaban J connectivity index is 1.67. The molecule has 0 aliphatic carbocycles. The van der Waals surface area contributed by atoms with Crippen LogP contribution >= 0.6 is 0 Å². The Kier molecular flexibility index (Phi) is 3.60. The van der Waals surface area contributed by atoms with E-state index < -0.39 is 0 Å². The molecule has 80 valence electrons. The van der Waals surface area contributed by atoms with E-state index in [0.29, 0.717) is 0 Å². The van der Waals surface area contributed by atoms with Gasteiger partial charge in [0.15, 0.2) is 0 Å². The van der Waals surface area contributed by atoms with Gasteiger partial charge in [0.25, 0.3) is 0 Å². The summed E-state index contributed by atoms with van der Waals surface area (Å²) in [6.45, 7) is 7.24. The summed E-state index contributed by atoms with van der Waals surface area (Å²) in [5.74, 6) is 0. The van der Waals surface area contributed by atoms with E-state index in [1.165, 1.54) is 51.9 Å². The molecule has 0 bridgehead atoms. The van der Waals surface area contributed by atoms with E-state index in [4.69, 9.17) is 0 Å². The Hall–Kier alpha value is -0.340. The van der Waals surface area contributed by atoms with Crippen LogP contribution in [-0.2, 0) is 0 Å². The fourth-order valence-electron chi connectivity index (χ4n) is 2.52. The van der Waals surface area contributed by atoms with Gasteiger partial charge in [0.2, 0.25) is 0 Å². The summed E-state index contributed by atoms with van der Waals surface area (Å²) < 4.78 is 0. The molecular formula is C12H22N2. The maximum absolute atomic E-state index is 3.57. The van der Waals surface area contributed by atoms with Gasteiger partial charge in [0, 0.05) is 19.1 Å². The second-order valence-electron chi connectivity index (χ2n) is 4.70. The van der Waals surface area contributed by atoms with Gasteiger partial charge in [0.05, 0.1) is 0 Å². The third kappa shape index (κ3) is 2.82. The van der Waals surface area contributed by atoms with Crippen LogP contribution in [0.2, 0.25) is 0 Å². The molecule has 2 aliphatic heterocycles. The van der Waals surface area contributed by atoms with Crippen LogP contribution in [0.5, 0.6) is 0 Å². The molecule has 0 spiro atoms. The van der Waals surface area contributed by atoms with Crippen molar-refractivity contribution < 1.29 is 0 Å². The third-order valence-corrected chi connectivity index (χ3v) is 3.37. The van der Waals surface area contributed by atoms with Gasteiger partial charge >= 0.3 is 0 Å². The van der Waals surface area contributed by atoms with Crippen LogP contribution in [0, 0.1) is 0 Å². The molecule has 1 saturated heterocycles. The normalized spacial score (nSPS) is 29.2. The summed E-state index contributed by atoms with van der Waals surface area (Å²) in [7, 11) is 0. The summed E-state index contributed by atoms with van der Waals surface area (Å²) in [5.41, 5.74) is 1.55. The van der Waals surface area contributed by atoms with E-state index in [2.05, 4.69) is 23.2 Å². The minimum Gasteiger partial charge on any atom is -0.314 e. The molecule has 0 aromatic heterocycles. The lowest BCUT2D eigenvalue weighted by atomic mass is 10.1. The van der Waals surface area contributed by atoms with Crippen molar-refractivity contribution in [3.8, 4) is 0 Å². The second kappa shape index (κ2) is 4.94. The van der Waals surface area contributed by atoms with Gasteiger partial charge in [-0.3, -0.25) is 4.90 Å². The summed E-state index contributed by atoms with van der Waals surface area (Å²) >= 11 is 0. The summed E-state index contributed by atoms with van der Waals surface area (Å²) in [5, 5.41) is 3.57. The SMILES string of the molecule is CC1=CCCN(CCC2CCCN2)C1. The highest BCUT2D eigenvalue weighted by atomic mass is 15.1. The Morgan fingerprint density at radius 3 is 3.21 bits per heavy atom. The van der Waals surface area contributed by atoms with E-state index in [1.807, 2.05) is 0 Å². The monoisotopic (exact) mass is 194 g/mol. The number of rotatable bonds is 3. The van der Waals surface area contributed by atoms with Gasteiger partial charge in [-0.2, -0.15) is 0 Å². The van der Waals surface area contributed by atoms with E-state index >= 15 is 0 Å². The summed E-state index contributed by atoms with van der Waals surface area (Å²) in [6.07, 6.45) is 7.74. The minimum atomic E-state index is 0.807. The molecule has 2 nitrogen and oxygen atoms in total. The van der Waals surface area contributed by atoms with Gasteiger partial charge in [-0.05, 0) is 45.7 Å². The van der Waals surface area contributed by atoms with Crippen molar-refractivity contribution in [2.75, 3.05) is 26.2 Å². The Bertz CT molecular complexity index is 204. The lowest BCUT2D eigenvalue weighted by Gasteiger charge is -2.27. The lowest BCUT2D eigenvalue weighted by Crippen LogP contribution is -2.34. The minimum absolute atomic E-state index is 0.807. The first-order valence-corrected chi connectivity index (χ1v) is 5.96. The molecular weight excluding hydrogens is 172 g/mol. The zero-order chi connectivity index (χ0) is 9.80. The fraction of sp³-hybridized carbons (Fsp3) is 0.833. The third-order valence-electron chi connectivity index (χ3n) is 3.37. The number of hydrogen-bond donors (Lipinski definition) is 1. The van der Waals surface area contributed by atoms with Gasteiger partial charge in [-0.1, -0.05) is 11.6 Å². The molecule has 0 aromatic rings. The highest BCUT2D eigenvalue weighted by molar-refractivity contribution is 5.04. The van der Waals surface area contributed by atoms with E-state index in [1.54, 1.807) is 5.57 Å². The first-order chi connectivity index (χ1) is 6.84. The first-order valence-electron chi connectivity index (χ1n) is 5.96. The molecule has 14 heavy (non-hydrogen) atoms. The van der Waals surface area contributed by atoms with E-state index in [9.17, 15) is 0 Å². The van der Waals surface area contributed by atoms with Crippen LogP contribution in [0.25, 0.3) is 0 Å². The van der Waals surface area contributed by atoms with E-state index in [-0.39, 0.29) is 0 Å². The highest BCUT2D eigenvalue weighted by Crippen LogP contribution is 2.13. The molecule has 1 N–H and O–H groups in total. The molecule has 0 saturated carbocycles. The quantitative estimate of drug-likeness (QED) is 0.689. The largest absolute Gasteiger partial charge is 0.314 e. The molecule has 0 aromatic carbocycles. The first kappa shape index (κ1) is 10.2. The molecule has 0 amide bonds. The Morgan fingerprint density at radius 1 is 1.57 bits per heavy atom. The van der Waals surface area contributed by atoms with Crippen LogP contribution in [0.3, 0.4) is 0 Å². The molecule has 2 heteroatoms. The molecule has 2 rings (SSSR count). The Morgan fingerprint density at radius 2 is 2.50 bits per heavy atom. The highest BCUT2D eigenvalue weighted by Gasteiger charge is 2.16. The summed E-state index contributed by atoms with van der Waals surface area (Å²) in [6, 6.07) is 0.807. The van der Waals surface area contributed by atoms with Crippen LogP contribution in [-0.4, -0.2) is 37.1 Å². The topological polar surface area (TPSA) is 15.3 Å². The van der Waals surface area contributed by atoms with Crippen molar-refractivity contribution in [2.45, 2.75) is 38.6 Å². The van der Waals surface area contributed by atoms with Crippen molar-refractivity contribution in [1.82, 2.24) is 10.2 Å². The van der Waals surface area contributed by atoms with Gasteiger partial charge in [0.1, 0.15) is 0 Å². The number of nitrogens with one attached hydrogen (secondary N) is 1. The predicted molar refractivity (Wildman–Crippen MR) is 60.5 cm³/mol. The van der Waals surface area contributed by atoms with Crippen molar-refractivity contribution in [1.29, 1.82) is 0 Å². The Labute approximate surface area is 87.4 Å². The molecule has 1 fully saturated rings. The van der Waals surface area contributed by atoms with Crippen molar-refractivity contribution >= 4 is 0 Å². The van der Waals surface area contributed by atoms with Crippen LogP contribution in [0.1, 0.15) is 32.6 Å². The lowest BCUT2D eigenvalue weighted by molar-refractivity contribution is 0.274. The van der Waals surface area contributed by atoms with Crippen LogP contribution < -0.4 is 5.32 Å². The smallest absolute Gasteiger partial charge is 0.0190 e. The van der Waals surface area contributed by atoms with E-state index in [0.717, 1.165) is 6.04 Å². The molecule has 1 unspecified atom stereocenters. The molecule has 0 radical (unpaired) electrons. The predicted octanol–water partition coefficient (Wildman–Crippen LogP) is 1.78.